The van der Waals surface area contributed by atoms with Gasteiger partial charge in [-0.05, 0) is 38.1 Å². The summed E-state index contributed by atoms with van der Waals surface area (Å²) in [5.74, 6) is -1.27. The smallest absolute Gasteiger partial charge is 0.243 e. The van der Waals surface area contributed by atoms with Crippen molar-refractivity contribution >= 4 is 33.4 Å². The van der Waals surface area contributed by atoms with Gasteiger partial charge in [-0.1, -0.05) is 13.8 Å². The van der Waals surface area contributed by atoms with E-state index in [9.17, 15) is 22.8 Å². The summed E-state index contributed by atoms with van der Waals surface area (Å²) in [6, 6.07) is 6.12. The van der Waals surface area contributed by atoms with E-state index in [0.29, 0.717) is 31.9 Å². The van der Waals surface area contributed by atoms with E-state index in [2.05, 4.69) is 5.32 Å². The van der Waals surface area contributed by atoms with Crippen LogP contribution in [-0.2, 0) is 24.4 Å². The van der Waals surface area contributed by atoms with Crippen LogP contribution in [-0.4, -0.2) is 74.6 Å². The van der Waals surface area contributed by atoms with Gasteiger partial charge < -0.3 is 15.1 Å². The van der Waals surface area contributed by atoms with Gasteiger partial charge in [-0.3, -0.25) is 14.4 Å². The lowest BCUT2D eigenvalue weighted by Crippen LogP contribution is -2.42. The predicted molar refractivity (Wildman–Crippen MR) is 118 cm³/mol. The van der Waals surface area contributed by atoms with E-state index in [4.69, 9.17) is 0 Å². The third-order valence-electron chi connectivity index (χ3n) is 5.52. The van der Waals surface area contributed by atoms with Crippen molar-refractivity contribution in [1.82, 2.24) is 14.5 Å². The minimum atomic E-state index is -3.58. The number of benzene rings is 1. The highest BCUT2D eigenvalue weighted by atomic mass is 32.2. The van der Waals surface area contributed by atoms with Crippen molar-refractivity contribution in [1.29, 1.82) is 0 Å². The molecule has 1 aromatic rings. The Bertz CT molecular complexity index is 893. The SMILES string of the molecule is CCN(CC)C(=O)CNC(=O)C1CC(=O)N(c2ccc(S(=O)(=O)N(CC)CC)cc2)C1. The lowest BCUT2D eigenvalue weighted by Gasteiger charge is -2.20. The van der Waals surface area contributed by atoms with E-state index in [1.165, 1.54) is 21.3 Å². The molecule has 1 aromatic carbocycles. The van der Waals surface area contributed by atoms with Crippen LogP contribution in [0.15, 0.2) is 29.2 Å². The Morgan fingerprint density at radius 3 is 2.13 bits per heavy atom. The van der Waals surface area contributed by atoms with Crippen LogP contribution in [0, 0.1) is 5.92 Å². The van der Waals surface area contributed by atoms with E-state index in [1.54, 1.807) is 30.9 Å². The second-order valence-corrected chi connectivity index (χ2v) is 9.21. The predicted octanol–water partition coefficient (Wildman–Crippen LogP) is 1.05. The molecule has 3 amide bonds. The Labute approximate surface area is 184 Å². The average Bonchev–Trinajstić information content (AvgIpc) is 3.15. The van der Waals surface area contributed by atoms with Crippen LogP contribution in [0.25, 0.3) is 0 Å². The molecule has 1 heterocycles. The number of rotatable bonds is 10. The van der Waals surface area contributed by atoms with Gasteiger partial charge in [0.05, 0.1) is 17.4 Å². The normalized spacial score (nSPS) is 16.6. The minimum Gasteiger partial charge on any atom is -0.347 e. The number of hydrogen-bond donors (Lipinski definition) is 1. The minimum absolute atomic E-state index is 0.0464. The van der Waals surface area contributed by atoms with E-state index in [-0.39, 0.29) is 42.1 Å². The first-order valence-electron chi connectivity index (χ1n) is 10.6. The van der Waals surface area contributed by atoms with E-state index >= 15 is 0 Å². The molecule has 1 fully saturated rings. The van der Waals surface area contributed by atoms with Gasteiger partial charge in [0.25, 0.3) is 0 Å². The van der Waals surface area contributed by atoms with Crippen LogP contribution in [0.4, 0.5) is 5.69 Å². The third-order valence-corrected chi connectivity index (χ3v) is 7.58. The maximum absolute atomic E-state index is 12.6. The number of sulfonamides is 1. The molecule has 0 radical (unpaired) electrons. The van der Waals surface area contributed by atoms with Crippen molar-refractivity contribution in [3.63, 3.8) is 0 Å². The fraction of sp³-hybridized carbons (Fsp3) is 0.571. The highest BCUT2D eigenvalue weighted by molar-refractivity contribution is 7.89. The van der Waals surface area contributed by atoms with Gasteiger partial charge in [-0.15, -0.1) is 0 Å². The largest absolute Gasteiger partial charge is 0.347 e. The summed E-state index contributed by atoms with van der Waals surface area (Å²) < 4.78 is 26.6. The van der Waals surface area contributed by atoms with Crippen molar-refractivity contribution in [3.8, 4) is 0 Å². The first-order chi connectivity index (χ1) is 14.7. The second-order valence-electron chi connectivity index (χ2n) is 7.27. The first kappa shape index (κ1) is 24.8. The van der Waals surface area contributed by atoms with Crippen LogP contribution in [0.2, 0.25) is 0 Å². The molecule has 0 bridgehead atoms. The maximum Gasteiger partial charge on any atom is 0.243 e. The number of anilines is 1. The second kappa shape index (κ2) is 10.7. The molecule has 172 valence electrons. The molecule has 0 saturated carbocycles. The van der Waals surface area contributed by atoms with Gasteiger partial charge in [0.2, 0.25) is 27.7 Å². The molecule has 1 atom stereocenters. The first-order valence-corrected chi connectivity index (χ1v) is 12.1. The zero-order valence-corrected chi connectivity index (χ0v) is 19.4. The molecule has 1 saturated heterocycles. The third kappa shape index (κ3) is 5.62. The van der Waals surface area contributed by atoms with Crippen LogP contribution in [0.1, 0.15) is 34.1 Å². The number of hydrogen-bond acceptors (Lipinski definition) is 5. The molecular weight excluding hydrogens is 420 g/mol. The quantitative estimate of drug-likeness (QED) is 0.571. The monoisotopic (exact) mass is 452 g/mol. The fourth-order valence-corrected chi connectivity index (χ4v) is 5.10. The van der Waals surface area contributed by atoms with Gasteiger partial charge in [-0.25, -0.2) is 8.42 Å². The van der Waals surface area contributed by atoms with Gasteiger partial charge >= 0.3 is 0 Å². The summed E-state index contributed by atoms with van der Waals surface area (Å²) in [6.45, 7) is 9.28. The highest BCUT2D eigenvalue weighted by Crippen LogP contribution is 2.27. The van der Waals surface area contributed by atoms with E-state index in [1.807, 2.05) is 13.8 Å². The number of likely N-dealkylation sites (N-methyl/N-ethyl adjacent to an activating group) is 1. The summed E-state index contributed by atoms with van der Waals surface area (Å²) in [6.07, 6.45) is 0.0464. The maximum atomic E-state index is 12.6. The molecular formula is C21H32N4O5S. The Kier molecular flexibility index (Phi) is 8.58. The Hall–Kier alpha value is -2.46. The van der Waals surface area contributed by atoms with Crippen LogP contribution < -0.4 is 10.2 Å². The molecule has 1 aliphatic heterocycles. The Morgan fingerprint density at radius 2 is 1.61 bits per heavy atom. The van der Waals surface area contributed by atoms with Crippen LogP contribution >= 0.6 is 0 Å². The molecule has 0 spiro atoms. The molecule has 31 heavy (non-hydrogen) atoms. The number of nitrogens with one attached hydrogen (secondary N) is 1. The molecule has 1 N–H and O–H groups in total. The molecule has 0 aliphatic carbocycles. The number of carbonyl (C=O) groups excluding carboxylic acids is 3. The molecule has 10 heteroatoms. The molecule has 1 aliphatic rings. The zero-order valence-electron chi connectivity index (χ0n) is 18.6. The Balaban J connectivity index is 2.03. The molecule has 0 aromatic heterocycles. The summed E-state index contributed by atoms with van der Waals surface area (Å²) in [5, 5.41) is 2.63. The summed E-state index contributed by atoms with van der Waals surface area (Å²) in [5.41, 5.74) is 0.540. The summed E-state index contributed by atoms with van der Waals surface area (Å²) in [4.78, 5) is 40.2. The van der Waals surface area contributed by atoms with Gasteiger partial charge in [0.15, 0.2) is 0 Å². The Morgan fingerprint density at radius 1 is 1.03 bits per heavy atom. The van der Waals surface area contributed by atoms with Gasteiger partial charge in [0.1, 0.15) is 0 Å². The number of amides is 3. The van der Waals surface area contributed by atoms with Crippen LogP contribution in [0.5, 0.6) is 0 Å². The molecule has 2 rings (SSSR count). The summed E-state index contributed by atoms with van der Waals surface area (Å²) in [7, 11) is -3.58. The fourth-order valence-electron chi connectivity index (χ4n) is 3.64. The zero-order chi connectivity index (χ0) is 23.2. The summed E-state index contributed by atoms with van der Waals surface area (Å²) >= 11 is 0. The van der Waals surface area contributed by atoms with Crippen molar-refractivity contribution in [2.24, 2.45) is 5.92 Å². The van der Waals surface area contributed by atoms with E-state index in [0.717, 1.165) is 0 Å². The van der Waals surface area contributed by atoms with Crippen molar-refractivity contribution in [3.05, 3.63) is 24.3 Å². The number of nitrogens with zero attached hydrogens (tertiary/aromatic N) is 3. The average molecular weight is 453 g/mol. The lowest BCUT2D eigenvalue weighted by molar-refractivity contribution is -0.133. The standard InChI is InChI=1S/C21H32N4O5S/c1-5-23(6-2)20(27)14-22-21(28)16-13-19(26)25(15-16)17-9-11-18(12-10-17)31(29,30)24(7-3)8-4/h9-12,16H,5-8,13-15H2,1-4H3,(H,22,28). The van der Waals surface area contributed by atoms with Crippen LogP contribution in [0.3, 0.4) is 0 Å². The molecule has 1 unspecified atom stereocenters. The van der Waals surface area contributed by atoms with Crippen molar-refractivity contribution in [2.75, 3.05) is 44.2 Å². The highest BCUT2D eigenvalue weighted by Gasteiger charge is 2.35. The van der Waals surface area contributed by atoms with Crippen molar-refractivity contribution < 1.29 is 22.8 Å². The van der Waals surface area contributed by atoms with Crippen molar-refractivity contribution in [2.45, 2.75) is 39.0 Å². The van der Waals surface area contributed by atoms with E-state index < -0.39 is 15.9 Å². The topological polar surface area (TPSA) is 107 Å². The molecule has 9 nitrogen and oxygen atoms in total. The number of carbonyl (C=O) groups is 3. The van der Waals surface area contributed by atoms with Gasteiger partial charge in [-0.2, -0.15) is 4.31 Å². The lowest BCUT2D eigenvalue weighted by atomic mass is 10.1. The van der Waals surface area contributed by atoms with Gasteiger partial charge in [0, 0.05) is 44.8 Å².